The number of benzene rings is 4. The molecule has 0 aromatic heterocycles. The number of azide groups is 1. The number of hydrogen-bond acceptors (Lipinski definition) is 26. The van der Waals surface area contributed by atoms with E-state index in [0.717, 1.165) is 20.9 Å². The topological polar surface area (TPSA) is 428 Å². The highest BCUT2D eigenvalue weighted by molar-refractivity contribution is 6.08. The van der Waals surface area contributed by atoms with Gasteiger partial charge in [-0.1, -0.05) is 23.3 Å². The first kappa shape index (κ1) is 73.6. The summed E-state index contributed by atoms with van der Waals surface area (Å²) < 4.78 is 57.7. The molecule has 0 aliphatic carbocycles. The zero-order valence-corrected chi connectivity index (χ0v) is 55.5. The first-order chi connectivity index (χ1) is 48.0. The number of aryl methyl sites for hydroxylation is 1. The van der Waals surface area contributed by atoms with Crippen molar-refractivity contribution in [3.63, 3.8) is 0 Å². The minimum Gasteiger partial charge on any atom is -0.493 e. The predicted octanol–water partition coefficient (Wildman–Crippen LogP) is 5.27. The molecule has 0 spiro atoms. The summed E-state index contributed by atoms with van der Waals surface area (Å²) in [4.78, 5) is 97.0. The lowest BCUT2D eigenvalue weighted by molar-refractivity contribution is -0.242. The summed E-state index contributed by atoms with van der Waals surface area (Å²) in [5.74, 6) is -1.46. The highest BCUT2D eigenvalue weighted by Crippen LogP contribution is 2.44. The maximum absolute atomic E-state index is 14.5. The van der Waals surface area contributed by atoms with Crippen LogP contribution < -0.4 is 33.5 Å². The molecule has 538 valence electrons. The molecule has 4 aromatic rings. The van der Waals surface area contributed by atoms with E-state index in [2.05, 4.69) is 10.2 Å². The largest absolute Gasteiger partial charge is 0.493 e. The minimum atomic E-state index is -1.70. The zero-order valence-electron chi connectivity index (χ0n) is 55.5. The Morgan fingerprint density at radius 1 is 0.560 bits per heavy atom. The zero-order chi connectivity index (χ0) is 71.6. The summed E-state index contributed by atoms with van der Waals surface area (Å²) in [6.07, 6.45) is -12.2. The van der Waals surface area contributed by atoms with Crippen molar-refractivity contribution in [2.24, 2.45) is 5.28 Å². The van der Waals surface area contributed by atoms with Gasteiger partial charge in [0.25, 0.3) is 11.8 Å². The van der Waals surface area contributed by atoms with Gasteiger partial charge in [0.15, 0.2) is 35.5 Å². The number of fused-ring (bicyclic) bond motifs is 4. The van der Waals surface area contributed by atoms with Crippen LogP contribution in [0.2, 0.25) is 0 Å². The Kier molecular flexibility index (Phi) is 24.2. The van der Waals surface area contributed by atoms with E-state index < -0.39 is 123 Å². The van der Waals surface area contributed by atoms with Gasteiger partial charge in [0, 0.05) is 56.0 Å². The minimum absolute atomic E-state index is 0.00624. The summed E-state index contributed by atoms with van der Waals surface area (Å²) in [6.45, 7) is 4.06. The molecular formula is C68H81N7O25. The third-order valence-corrected chi connectivity index (χ3v) is 17.7. The van der Waals surface area contributed by atoms with E-state index in [0.29, 0.717) is 36.8 Å². The number of aliphatic hydroxyl groups is 8. The van der Waals surface area contributed by atoms with Crippen molar-refractivity contribution in [3.8, 4) is 28.7 Å². The molecule has 0 saturated carbocycles. The first-order valence-corrected chi connectivity index (χ1v) is 32.5. The SMILES string of the molecule is COCCCC(=O)c1cc(COC(=O)N2c3cc(OCCCCCOc4cc5c(cc4C)C(=O)N4C=C(C)C[C@H]4C(O)N5C(=O)OCc4ccc(O[C@@H]5OC[C@@H](O)[C@H](O)[C@H]5O)c(C(=O)CCCON=[N+]=[N-])c4)c(OC)cc3C(=O)N3C=C(C)C[C@H]3C2O)ccc1O[C@@H]1OC[C@@H](O)[C@H](O)[C@H]1O. The average molecular weight is 1400 g/mol. The number of rotatable bonds is 28. The van der Waals surface area contributed by atoms with E-state index in [9.17, 15) is 69.6 Å². The molecule has 6 aliphatic rings. The summed E-state index contributed by atoms with van der Waals surface area (Å²) in [5, 5.41) is 88.9. The lowest BCUT2D eigenvalue weighted by Gasteiger charge is -2.35. The maximum Gasteiger partial charge on any atom is 0.416 e. The smallest absolute Gasteiger partial charge is 0.416 e. The van der Waals surface area contributed by atoms with Gasteiger partial charge in [0.05, 0.1) is 85.9 Å². The molecule has 6 aliphatic heterocycles. The number of Topliss-reactive ketones (excluding diaryl/α,β-unsaturated/α-hetero) is 2. The first-order valence-electron chi connectivity index (χ1n) is 32.5. The van der Waals surface area contributed by atoms with Crippen LogP contribution in [0.3, 0.4) is 0 Å². The molecule has 32 heteroatoms. The van der Waals surface area contributed by atoms with Crippen molar-refractivity contribution in [1.82, 2.24) is 9.80 Å². The van der Waals surface area contributed by atoms with Gasteiger partial charge in [-0.3, -0.25) is 19.2 Å². The second-order valence-corrected chi connectivity index (χ2v) is 25.0. The van der Waals surface area contributed by atoms with Gasteiger partial charge in [0.2, 0.25) is 12.6 Å². The average Bonchev–Trinajstić information content (AvgIpc) is 1.59. The molecule has 12 atom stereocenters. The number of methoxy groups -OCH3 is 2. The molecule has 2 fully saturated rings. The van der Waals surface area contributed by atoms with Crippen LogP contribution in [0.4, 0.5) is 21.0 Å². The van der Waals surface area contributed by atoms with Gasteiger partial charge in [-0.15, -0.1) is 0 Å². The molecule has 8 N–H and O–H groups in total. The van der Waals surface area contributed by atoms with Crippen molar-refractivity contribution in [3.05, 3.63) is 134 Å². The van der Waals surface area contributed by atoms with Crippen LogP contribution >= 0.6 is 0 Å². The van der Waals surface area contributed by atoms with Crippen molar-refractivity contribution in [2.75, 3.05) is 63.7 Å². The van der Waals surface area contributed by atoms with Crippen LogP contribution in [-0.2, 0) is 41.7 Å². The molecule has 4 aromatic carbocycles. The van der Waals surface area contributed by atoms with Gasteiger partial charge in [-0.2, -0.15) is 0 Å². The number of unbranched alkanes of at least 4 members (excludes halogenated alkanes) is 2. The fourth-order valence-corrected chi connectivity index (χ4v) is 12.4. The number of ketones is 2. The van der Waals surface area contributed by atoms with Crippen LogP contribution in [0.5, 0.6) is 28.7 Å². The number of nitrogens with zero attached hydrogens (tertiary/aromatic N) is 7. The molecule has 0 bridgehead atoms. The second-order valence-electron chi connectivity index (χ2n) is 25.0. The number of carbonyl (C=O) groups excluding carboxylic acids is 6. The maximum atomic E-state index is 14.5. The van der Waals surface area contributed by atoms with E-state index in [1.54, 1.807) is 39.2 Å². The highest BCUT2D eigenvalue weighted by Gasteiger charge is 2.48. The third-order valence-electron chi connectivity index (χ3n) is 17.7. The lowest BCUT2D eigenvalue weighted by Crippen LogP contribution is -2.54. The molecule has 10 rings (SSSR count). The fourth-order valence-electron chi connectivity index (χ4n) is 12.4. The van der Waals surface area contributed by atoms with E-state index in [1.165, 1.54) is 78.6 Å². The molecule has 100 heavy (non-hydrogen) atoms. The number of amides is 4. The van der Waals surface area contributed by atoms with Gasteiger partial charge >= 0.3 is 12.2 Å². The van der Waals surface area contributed by atoms with Gasteiger partial charge in [0.1, 0.15) is 72.4 Å². The number of anilines is 2. The Labute approximate surface area is 573 Å². The standard InChI is InChI=1S/C68H81N7O25/c1-35-21-46-63(86)74(67(88)96-31-39-14-16-53(100-66-60(83)58(81)51(79)34-95-66)43(25-39)49(77)12-10-20-98-71-70-69)44-27-54(37(3)23-40(44)61(84)72(46)29-35)92-18-7-6-8-19-93-56-28-45-41(26-55(56)91-5)62(85)73-30-36(2)22-47(73)64(87)75(45)68(89)97-32-38-13-15-52(42(24-38)48(76)11-9-17-90-4)99-65-59(82)57(80)50(78)33-94-65/h13-16,23-30,46-47,50-51,57-60,63-66,78-83,86-87H,6-12,17-22,31-34H2,1-5H3/t46-,47-,50+,51+,57-,58-,59+,60+,63?,64?,65-,66-/m0/s1. The van der Waals surface area contributed by atoms with Gasteiger partial charge in [-0.05, 0) is 124 Å². The van der Waals surface area contributed by atoms with Gasteiger partial charge < -0.3 is 103 Å². The Balaban J connectivity index is 0.809. The van der Waals surface area contributed by atoms with Crippen molar-refractivity contribution >= 4 is 46.9 Å². The van der Waals surface area contributed by atoms with Crippen LogP contribution in [0, 0.1) is 6.92 Å². The van der Waals surface area contributed by atoms with Crippen molar-refractivity contribution < 1.29 is 122 Å². The fraction of sp³-hybridized carbons (Fsp3) is 0.500. The summed E-state index contributed by atoms with van der Waals surface area (Å²) in [5.41, 5.74) is 11.2. The number of hydrogen-bond donors (Lipinski definition) is 8. The Bertz CT molecular complexity index is 3810. The normalized spacial score (nSPS) is 24.6. The van der Waals surface area contributed by atoms with E-state index in [1.807, 2.05) is 0 Å². The van der Waals surface area contributed by atoms with Crippen LogP contribution in [0.15, 0.2) is 89.5 Å². The number of aliphatic hydroxyl groups excluding tert-OH is 8. The quantitative estimate of drug-likeness (QED) is 0.00896. The number of ether oxygens (including phenoxy) is 10. The lowest BCUT2D eigenvalue weighted by atomic mass is 10.0. The Hall–Kier alpha value is -9.15. The highest BCUT2D eigenvalue weighted by atomic mass is 16.7. The van der Waals surface area contributed by atoms with Crippen molar-refractivity contribution in [2.45, 2.75) is 166 Å². The Morgan fingerprint density at radius 2 is 1.03 bits per heavy atom. The van der Waals surface area contributed by atoms with E-state index in [4.69, 9.17) is 57.7 Å². The van der Waals surface area contributed by atoms with Crippen LogP contribution in [-0.4, -0.2) is 214 Å². The monoisotopic (exact) mass is 1400 g/mol. The summed E-state index contributed by atoms with van der Waals surface area (Å²) in [7, 11) is 2.87. The molecule has 6 heterocycles. The Morgan fingerprint density at radius 3 is 1.51 bits per heavy atom. The molecule has 2 saturated heterocycles. The van der Waals surface area contributed by atoms with Crippen LogP contribution in [0.25, 0.3) is 10.4 Å². The summed E-state index contributed by atoms with van der Waals surface area (Å²) >= 11 is 0. The number of carbonyl (C=O) groups is 6. The molecule has 4 amide bonds. The van der Waals surface area contributed by atoms with E-state index in [-0.39, 0.29) is 140 Å². The van der Waals surface area contributed by atoms with Gasteiger partial charge in [-0.25, -0.2) is 19.4 Å². The summed E-state index contributed by atoms with van der Waals surface area (Å²) in [6, 6.07) is 12.6. The predicted molar refractivity (Wildman–Crippen MR) is 347 cm³/mol. The van der Waals surface area contributed by atoms with Crippen LogP contribution in [0.1, 0.15) is 130 Å². The molecule has 0 radical (unpaired) electrons. The van der Waals surface area contributed by atoms with E-state index >= 15 is 0 Å². The second kappa shape index (κ2) is 32.9. The molecular weight excluding hydrogens is 1310 g/mol. The third kappa shape index (κ3) is 16.3. The molecule has 32 nitrogen and oxygen atoms in total. The molecule has 2 unspecified atom stereocenters. The van der Waals surface area contributed by atoms with Crippen molar-refractivity contribution in [1.29, 1.82) is 0 Å².